The number of amides is 1. The van der Waals surface area contributed by atoms with Crippen LogP contribution in [-0.2, 0) is 30.4 Å². The van der Waals surface area contributed by atoms with Gasteiger partial charge in [0.15, 0.2) is 0 Å². The van der Waals surface area contributed by atoms with Crippen LogP contribution in [0.1, 0.15) is 57.9 Å². The maximum Gasteiger partial charge on any atom is 0.306 e. The van der Waals surface area contributed by atoms with Crippen molar-refractivity contribution in [1.29, 1.82) is 0 Å². The predicted octanol–water partition coefficient (Wildman–Crippen LogP) is 3.10. The number of ether oxygens (including phenoxy) is 1. The Hall–Kier alpha value is -2.56. The summed E-state index contributed by atoms with van der Waals surface area (Å²) in [6, 6.07) is 9.43. The molecule has 1 saturated heterocycles. The first-order chi connectivity index (χ1) is 18.2. The fourth-order valence-electron chi connectivity index (χ4n) is 6.71. The average molecular weight is 527 g/mol. The summed E-state index contributed by atoms with van der Waals surface area (Å²) in [7, 11) is 0. The largest absolute Gasteiger partial charge is 0.448 e. The molecule has 2 heterocycles. The predicted molar refractivity (Wildman–Crippen MR) is 143 cm³/mol. The normalized spacial score (nSPS) is 37.7. The second kappa shape index (κ2) is 12.1. The van der Waals surface area contributed by atoms with E-state index in [1.807, 2.05) is 49.4 Å². The van der Waals surface area contributed by atoms with E-state index < -0.39 is 41.5 Å². The van der Waals surface area contributed by atoms with Gasteiger partial charge in [0.25, 0.3) is 5.91 Å². The third kappa shape index (κ3) is 5.31. The molecule has 2 fully saturated rings. The van der Waals surface area contributed by atoms with Crippen LogP contribution in [0.5, 0.6) is 0 Å². The first-order valence-electron chi connectivity index (χ1n) is 13.6. The Morgan fingerprint density at radius 2 is 1.84 bits per heavy atom. The highest BCUT2D eigenvalue weighted by Crippen LogP contribution is 2.55. The molecule has 9 heteroatoms. The Bertz CT molecular complexity index is 1030. The average Bonchev–Trinajstić information content (AvgIpc) is 3.11. The summed E-state index contributed by atoms with van der Waals surface area (Å²) in [5, 5.41) is 1.26. The highest BCUT2D eigenvalue weighted by Gasteiger charge is 2.70. The van der Waals surface area contributed by atoms with Crippen LogP contribution in [0.4, 0.5) is 0 Å². The molecule has 9 nitrogen and oxygen atoms in total. The molecule has 6 N–H and O–H groups in total. The van der Waals surface area contributed by atoms with Crippen LogP contribution >= 0.6 is 0 Å². The number of nitrogens with zero attached hydrogens (tertiary/aromatic N) is 1. The highest BCUT2D eigenvalue weighted by molar-refractivity contribution is 5.92. The zero-order chi connectivity index (χ0) is 27.4. The van der Waals surface area contributed by atoms with E-state index in [4.69, 9.17) is 32.0 Å². The molecule has 2 aliphatic heterocycles. The molecule has 8 atom stereocenters. The smallest absolute Gasteiger partial charge is 0.306 e. The lowest BCUT2D eigenvalue weighted by atomic mass is 9.59. The SMILES string of the molecule is C=C1C(C)C2C(Cc3ccccc3)N(N)C(=O)C23OC(=O)CCC(ON)CCCC(C)C/C=C/C3C1ON. The fourth-order valence-corrected chi connectivity index (χ4v) is 6.71. The second-order valence-corrected chi connectivity index (χ2v) is 11.2. The Labute approximate surface area is 225 Å². The molecule has 1 aliphatic carbocycles. The standard InChI is InChI=1S/C29H42N4O5/c1-18-9-7-13-22(37-31)15-16-25(34)36-29-23(14-8-10-18)27(38-32)20(3)19(2)26(29)24(33(30)28(29)35)17-21-11-5-4-6-12-21/h4-6,8,11-12,14,18-19,22-24,26-27H,3,7,9-10,13,15-17,30-32H2,1-2H3/b14-8+. The van der Waals surface area contributed by atoms with Crippen molar-refractivity contribution in [3.63, 3.8) is 0 Å². The maximum atomic E-state index is 14.2. The zero-order valence-corrected chi connectivity index (χ0v) is 22.5. The van der Waals surface area contributed by atoms with Crippen molar-refractivity contribution in [1.82, 2.24) is 5.01 Å². The molecule has 1 amide bonds. The molecular weight excluding hydrogens is 484 g/mol. The van der Waals surface area contributed by atoms with Gasteiger partial charge in [0.1, 0.15) is 6.10 Å². The van der Waals surface area contributed by atoms with Gasteiger partial charge in [-0.05, 0) is 48.7 Å². The van der Waals surface area contributed by atoms with Crippen LogP contribution in [0, 0.1) is 23.7 Å². The molecule has 0 aromatic heterocycles. The fraction of sp³-hybridized carbons (Fsp3) is 0.586. The summed E-state index contributed by atoms with van der Waals surface area (Å²) < 4.78 is 6.30. The van der Waals surface area contributed by atoms with Crippen LogP contribution in [0.2, 0.25) is 0 Å². The van der Waals surface area contributed by atoms with Crippen molar-refractivity contribution >= 4 is 11.9 Å². The van der Waals surface area contributed by atoms with Gasteiger partial charge in [-0.2, -0.15) is 0 Å². The van der Waals surface area contributed by atoms with Crippen LogP contribution in [0.25, 0.3) is 0 Å². The summed E-state index contributed by atoms with van der Waals surface area (Å²) in [6.07, 6.45) is 7.42. The molecule has 4 rings (SSSR count). The van der Waals surface area contributed by atoms with Gasteiger partial charge in [-0.25, -0.2) is 17.6 Å². The van der Waals surface area contributed by atoms with E-state index in [1.165, 1.54) is 5.01 Å². The number of rotatable bonds is 4. The monoisotopic (exact) mass is 526 g/mol. The maximum absolute atomic E-state index is 14.2. The van der Waals surface area contributed by atoms with Crippen LogP contribution in [0.3, 0.4) is 0 Å². The molecule has 0 radical (unpaired) electrons. The molecule has 1 aromatic rings. The minimum atomic E-state index is -1.58. The quantitative estimate of drug-likeness (QED) is 0.179. The second-order valence-electron chi connectivity index (χ2n) is 11.2. The van der Waals surface area contributed by atoms with Crippen LogP contribution < -0.4 is 17.6 Å². The third-order valence-electron chi connectivity index (χ3n) is 8.83. The Morgan fingerprint density at radius 3 is 2.53 bits per heavy atom. The van der Waals surface area contributed by atoms with Gasteiger partial charge in [0.2, 0.25) is 5.60 Å². The summed E-state index contributed by atoms with van der Waals surface area (Å²) in [5.74, 6) is 15.9. The zero-order valence-electron chi connectivity index (χ0n) is 22.5. The molecule has 8 unspecified atom stereocenters. The van der Waals surface area contributed by atoms with Crippen LogP contribution in [-0.4, -0.2) is 40.7 Å². The van der Waals surface area contributed by atoms with E-state index in [0.717, 1.165) is 36.8 Å². The Balaban J connectivity index is 1.81. The van der Waals surface area contributed by atoms with Crippen molar-refractivity contribution in [2.45, 2.75) is 82.6 Å². The number of hydrogen-bond donors (Lipinski definition) is 3. The molecular formula is C29H42N4O5. The number of esters is 1. The summed E-state index contributed by atoms with van der Waals surface area (Å²) in [5.41, 5.74) is 0.202. The highest BCUT2D eigenvalue weighted by atomic mass is 16.6. The van der Waals surface area contributed by atoms with Gasteiger partial charge in [-0.15, -0.1) is 0 Å². The van der Waals surface area contributed by atoms with Gasteiger partial charge < -0.3 is 9.57 Å². The first kappa shape index (κ1) is 28.4. The van der Waals surface area contributed by atoms with Crippen LogP contribution in [0.15, 0.2) is 54.6 Å². The molecule has 208 valence electrons. The number of nitrogens with two attached hydrogens (primary N) is 3. The van der Waals surface area contributed by atoms with E-state index in [-0.39, 0.29) is 18.4 Å². The molecule has 0 bridgehead atoms. The number of carbonyl (C=O) groups is 2. The lowest BCUT2D eigenvalue weighted by Crippen LogP contribution is -2.62. The Kier molecular flexibility index (Phi) is 9.05. The third-order valence-corrected chi connectivity index (χ3v) is 8.83. The molecule has 1 spiro atoms. The van der Waals surface area contributed by atoms with Crippen molar-refractivity contribution < 1.29 is 24.0 Å². The lowest BCUT2D eigenvalue weighted by Gasteiger charge is -2.49. The van der Waals surface area contributed by atoms with Gasteiger partial charge in [0, 0.05) is 12.3 Å². The molecule has 1 saturated carbocycles. The van der Waals surface area contributed by atoms with Gasteiger partial charge >= 0.3 is 5.97 Å². The summed E-state index contributed by atoms with van der Waals surface area (Å²) >= 11 is 0. The van der Waals surface area contributed by atoms with Crippen molar-refractivity contribution in [2.75, 3.05) is 0 Å². The minimum absolute atomic E-state index is 0.0625. The number of hydrazine groups is 1. The molecule has 3 aliphatic rings. The topological polar surface area (TPSA) is 143 Å². The molecule has 38 heavy (non-hydrogen) atoms. The van der Waals surface area contributed by atoms with Gasteiger partial charge in [-0.1, -0.05) is 75.8 Å². The summed E-state index contributed by atoms with van der Waals surface area (Å²) in [4.78, 5) is 38.2. The van der Waals surface area contributed by atoms with Crippen molar-refractivity contribution in [2.24, 2.45) is 41.3 Å². The van der Waals surface area contributed by atoms with E-state index in [9.17, 15) is 9.59 Å². The van der Waals surface area contributed by atoms with E-state index >= 15 is 0 Å². The van der Waals surface area contributed by atoms with Gasteiger partial charge in [0.05, 0.1) is 18.1 Å². The summed E-state index contributed by atoms with van der Waals surface area (Å²) in [6.45, 7) is 8.48. The van der Waals surface area contributed by atoms with Gasteiger partial charge in [-0.3, -0.25) is 19.4 Å². The molecule has 1 aromatic carbocycles. The van der Waals surface area contributed by atoms with E-state index in [1.54, 1.807) is 0 Å². The first-order valence-corrected chi connectivity index (χ1v) is 13.6. The van der Waals surface area contributed by atoms with Crippen molar-refractivity contribution in [3.8, 4) is 0 Å². The van der Waals surface area contributed by atoms with E-state index in [0.29, 0.717) is 18.8 Å². The number of benzene rings is 1. The lowest BCUT2D eigenvalue weighted by molar-refractivity contribution is -0.191. The van der Waals surface area contributed by atoms with Crippen molar-refractivity contribution in [3.05, 3.63) is 60.2 Å². The Morgan fingerprint density at radius 1 is 1.11 bits per heavy atom. The number of hydrogen-bond acceptors (Lipinski definition) is 8. The number of allylic oxidation sites excluding steroid dienone is 1. The van der Waals surface area contributed by atoms with E-state index in [2.05, 4.69) is 13.5 Å². The number of carbonyl (C=O) groups excluding carboxylic acids is 2. The minimum Gasteiger partial charge on any atom is -0.448 e.